The highest BCUT2D eigenvalue weighted by atomic mass is 16.5. The van der Waals surface area contributed by atoms with E-state index in [1.54, 1.807) is 43.5 Å². The lowest BCUT2D eigenvalue weighted by Gasteiger charge is -2.10. The van der Waals surface area contributed by atoms with Crippen LogP contribution in [0.5, 0.6) is 11.5 Å². The molecule has 2 N–H and O–H groups in total. The van der Waals surface area contributed by atoms with Gasteiger partial charge in [0.2, 0.25) is 0 Å². The van der Waals surface area contributed by atoms with Crippen LogP contribution in [0.2, 0.25) is 0 Å². The molecule has 2 aromatic carbocycles. The highest BCUT2D eigenvalue weighted by Crippen LogP contribution is 2.27. The topological polar surface area (TPSA) is 61.5 Å². The van der Waals surface area contributed by atoms with Crippen LogP contribution >= 0.6 is 0 Å². The molecule has 2 rings (SSSR count). The van der Waals surface area contributed by atoms with Crippen molar-refractivity contribution in [2.45, 2.75) is 6.92 Å². The molecule has 0 saturated carbocycles. The number of rotatable bonds is 4. The number of ether oxygens (including phenoxy) is 2. The number of carbonyl (C=O) groups is 1. The van der Waals surface area contributed by atoms with E-state index in [1.165, 1.54) is 7.11 Å². The predicted molar refractivity (Wildman–Crippen MR) is 78.6 cm³/mol. The molecule has 0 aliphatic heterocycles. The van der Waals surface area contributed by atoms with Crippen LogP contribution in [0.4, 0.5) is 5.69 Å². The standard InChI is InChI=1S/C16H17NO3/c1-10-8-11(4-7-14(10)17)16(18)13-6-5-12(19-2)9-15(13)20-3/h4-9H,17H2,1-3H3. The van der Waals surface area contributed by atoms with Crippen molar-refractivity contribution in [1.29, 1.82) is 0 Å². The van der Waals surface area contributed by atoms with E-state index in [4.69, 9.17) is 15.2 Å². The van der Waals surface area contributed by atoms with Crippen LogP contribution < -0.4 is 15.2 Å². The highest BCUT2D eigenvalue weighted by molar-refractivity contribution is 6.11. The van der Waals surface area contributed by atoms with Gasteiger partial charge in [-0.15, -0.1) is 0 Å². The maximum absolute atomic E-state index is 12.5. The lowest BCUT2D eigenvalue weighted by atomic mass is 10.00. The summed E-state index contributed by atoms with van der Waals surface area (Å²) < 4.78 is 10.4. The molecule has 0 aliphatic carbocycles. The van der Waals surface area contributed by atoms with Gasteiger partial charge in [0.1, 0.15) is 11.5 Å². The number of nitrogen functional groups attached to an aromatic ring is 1. The third-order valence-electron chi connectivity index (χ3n) is 3.19. The van der Waals surface area contributed by atoms with Gasteiger partial charge in [0.15, 0.2) is 5.78 Å². The highest BCUT2D eigenvalue weighted by Gasteiger charge is 2.15. The minimum absolute atomic E-state index is 0.104. The third kappa shape index (κ3) is 2.59. The molecular weight excluding hydrogens is 254 g/mol. The van der Waals surface area contributed by atoms with Crippen molar-refractivity contribution in [2.75, 3.05) is 20.0 Å². The molecular formula is C16H17NO3. The van der Waals surface area contributed by atoms with Crippen LogP contribution in [0.1, 0.15) is 21.5 Å². The van der Waals surface area contributed by atoms with E-state index in [0.717, 1.165) is 5.56 Å². The van der Waals surface area contributed by atoms with Crippen LogP contribution in [0.15, 0.2) is 36.4 Å². The van der Waals surface area contributed by atoms with Crippen molar-refractivity contribution >= 4 is 11.5 Å². The van der Waals surface area contributed by atoms with Gasteiger partial charge in [-0.25, -0.2) is 0 Å². The van der Waals surface area contributed by atoms with Crippen LogP contribution in [0.3, 0.4) is 0 Å². The average molecular weight is 271 g/mol. The number of aryl methyl sites for hydroxylation is 1. The van der Waals surface area contributed by atoms with E-state index in [9.17, 15) is 4.79 Å². The third-order valence-corrected chi connectivity index (χ3v) is 3.19. The number of hydrogen-bond donors (Lipinski definition) is 1. The molecule has 4 heteroatoms. The van der Waals surface area contributed by atoms with E-state index < -0.39 is 0 Å². The van der Waals surface area contributed by atoms with Crippen LogP contribution in [0, 0.1) is 6.92 Å². The van der Waals surface area contributed by atoms with Crippen molar-refractivity contribution in [3.05, 3.63) is 53.1 Å². The van der Waals surface area contributed by atoms with E-state index in [2.05, 4.69) is 0 Å². The van der Waals surface area contributed by atoms with Gasteiger partial charge in [0.25, 0.3) is 0 Å². The summed E-state index contributed by atoms with van der Waals surface area (Å²) >= 11 is 0. The molecule has 0 saturated heterocycles. The number of anilines is 1. The molecule has 0 heterocycles. The predicted octanol–water partition coefficient (Wildman–Crippen LogP) is 2.83. The number of ketones is 1. The largest absolute Gasteiger partial charge is 0.497 e. The zero-order valence-electron chi connectivity index (χ0n) is 11.8. The summed E-state index contributed by atoms with van der Waals surface area (Å²) in [5.41, 5.74) is 8.40. The molecule has 0 amide bonds. The van der Waals surface area contributed by atoms with E-state index in [1.807, 2.05) is 6.92 Å². The summed E-state index contributed by atoms with van der Waals surface area (Å²) in [5, 5.41) is 0. The van der Waals surface area contributed by atoms with Gasteiger partial charge in [-0.3, -0.25) is 4.79 Å². The first-order valence-electron chi connectivity index (χ1n) is 6.19. The Labute approximate surface area is 118 Å². The fraction of sp³-hybridized carbons (Fsp3) is 0.188. The van der Waals surface area contributed by atoms with Gasteiger partial charge in [-0.2, -0.15) is 0 Å². The Morgan fingerprint density at radius 1 is 1.05 bits per heavy atom. The minimum atomic E-state index is -0.104. The average Bonchev–Trinajstić information content (AvgIpc) is 2.48. The van der Waals surface area contributed by atoms with E-state index >= 15 is 0 Å². The molecule has 0 unspecified atom stereocenters. The molecule has 0 atom stereocenters. The first kappa shape index (κ1) is 13.9. The monoisotopic (exact) mass is 271 g/mol. The Hall–Kier alpha value is -2.49. The zero-order valence-corrected chi connectivity index (χ0v) is 11.8. The molecule has 0 bridgehead atoms. The molecule has 0 aromatic heterocycles. The summed E-state index contributed by atoms with van der Waals surface area (Å²) in [6.45, 7) is 1.87. The summed E-state index contributed by atoms with van der Waals surface area (Å²) in [6.07, 6.45) is 0. The number of methoxy groups -OCH3 is 2. The molecule has 0 spiro atoms. The van der Waals surface area contributed by atoms with Gasteiger partial charge in [0, 0.05) is 17.3 Å². The van der Waals surface area contributed by atoms with Gasteiger partial charge >= 0.3 is 0 Å². The second-order valence-electron chi connectivity index (χ2n) is 4.47. The second-order valence-corrected chi connectivity index (χ2v) is 4.47. The molecule has 20 heavy (non-hydrogen) atoms. The van der Waals surface area contributed by atoms with Gasteiger partial charge in [0.05, 0.1) is 19.8 Å². The quantitative estimate of drug-likeness (QED) is 0.686. The van der Waals surface area contributed by atoms with Crippen LogP contribution in [-0.2, 0) is 0 Å². The Morgan fingerprint density at radius 2 is 1.80 bits per heavy atom. The molecule has 0 aliphatic rings. The Bertz CT molecular complexity index is 650. The van der Waals surface area contributed by atoms with Crippen LogP contribution in [-0.4, -0.2) is 20.0 Å². The molecule has 0 fully saturated rings. The van der Waals surface area contributed by atoms with E-state index in [0.29, 0.717) is 28.3 Å². The fourth-order valence-corrected chi connectivity index (χ4v) is 1.96. The Kier molecular flexibility index (Phi) is 3.94. The maximum atomic E-state index is 12.5. The summed E-state index contributed by atoms with van der Waals surface area (Å²) in [5.74, 6) is 1.03. The van der Waals surface area contributed by atoms with Crippen molar-refractivity contribution in [3.8, 4) is 11.5 Å². The fourth-order valence-electron chi connectivity index (χ4n) is 1.96. The number of benzene rings is 2. The number of hydrogen-bond acceptors (Lipinski definition) is 4. The van der Waals surface area contributed by atoms with Crippen molar-refractivity contribution in [1.82, 2.24) is 0 Å². The zero-order chi connectivity index (χ0) is 14.7. The first-order valence-corrected chi connectivity index (χ1v) is 6.19. The maximum Gasteiger partial charge on any atom is 0.196 e. The smallest absolute Gasteiger partial charge is 0.196 e. The first-order chi connectivity index (χ1) is 9.56. The van der Waals surface area contributed by atoms with Gasteiger partial charge < -0.3 is 15.2 Å². The van der Waals surface area contributed by atoms with E-state index in [-0.39, 0.29) is 5.78 Å². The van der Waals surface area contributed by atoms with Gasteiger partial charge in [-0.05, 0) is 42.8 Å². The summed E-state index contributed by atoms with van der Waals surface area (Å²) in [4.78, 5) is 12.5. The van der Waals surface area contributed by atoms with Crippen molar-refractivity contribution < 1.29 is 14.3 Å². The summed E-state index contributed by atoms with van der Waals surface area (Å²) in [7, 11) is 3.10. The van der Waals surface area contributed by atoms with Crippen LogP contribution in [0.25, 0.3) is 0 Å². The molecule has 4 nitrogen and oxygen atoms in total. The molecule has 104 valence electrons. The van der Waals surface area contributed by atoms with Gasteiger partial charge in [-0.1, -0.05) is 0 Å². The lowest BCUT2D eigenvalue weighted by Crippen LogP contribution is -2.05. The van der Waals surface area contributed by atoms with Crippen molar-refractivity contribution in [3.63, 3.8) is 0 Å². The molecule has 2 aromatic rings. The normalized spacial score (nSPS) is 10.2. The Morgan fingerprint density at radius 3 is 2.40 bits per heavy atom. The Balaban J connectivity index is 2.44. The summed E-state index contributed by atoms with van der Waals surface area (Å²) in [6, 6.07) is 10.4. The lowest BCUT2D eigenvalue weighted by molar-refractivity contribution is 0.103. The molecule has 0 radical (unpaired) electrons. The SMILES string of the molecule is COc1ccc(C(=O)c2ccc(N)c(C)c2)c(OC)c1. The minimum Gasteiger partial charge on any atom is -0.497 e. The number of nitrogens with two attached hydrogens (primary N) is 1. The van der Waals surface area contributed by atoms with Crippen molar-refractivity contribution in [2.24, 2.45) is 0 Å². The second kappa shape index (κ2) is 5.65. The number of carbonyl (C=O) groups excluding carboxylic acids is 1.